The third-order valence-electron chi connectivity index (χ3n) is 6.96. The van der Waals surface area contributed by atoms with E-state index in [-0.39, 0.29) is 18.5 Å². The van der Waals surface area contributed by atoms with Gasteiger partial charge in [0.25, 0.3) is 0 Å². The summed E-state index contributed by atoms with van der Waals surface area (Å²) in [5.41, 5.74) is 16.3. The average molecular weight is 486 g/mol. The van der Waals surface area contributed by atoms with Crippen molar-refractivity contribution in [3.63, 3.8) is 0 Å². The maximum Gasteiger partial charge on any atom is 0.244 e. The van der Waals surface area contributed by atoms with Gasteiger partial charge in [0, 0.05) is 54.7 Å². The maximum atomic E-state index is 12.9. The van der Waals surface area contributed by atoms with Crippen molar-refractivity contribution in [3.8, 4) is 11.3 Å². The van der Waals surface area contributed by atoms with Crippen molar-refractivity contribution in [2.45, 2.75) is 32.4 Å². The molecule has 11 heteroatoms. The van der Waals surface area contributed by atoms with Crippen molar-refractivity contribution in [3.05, 3.63) is 48.0 Å². The predicted octanol–water partition coefficient (Wildman–Crippen LogP) is 2.28. The Labute approximate surface area is 207 Å². The molecule has 2 aliphatic rings. The van der Waals surface area contributed by atoms with Gasteiger partial charge in [-0.15, -0.1) is 0 Å². The van der Waals surface area contributed by atoms with Gasteiger partial charge < -0.3 is 26.4 Å². The smallest absolute Gasteiger partial charge is 0.244 e. The first-order valence-corrected chi connectivity index (χ1v) is 11.9. The number of hydrogen-bond donors (Lipinski definition) is 3. The van der Waals surface area contributed by atoms with Crippen molar-refractivity contribution < 1.29 is 9.53 Å². The lowest BCUT2D eigenvalue weighted by molar-refractivity contribution is -0.133. The second-order valence-electron chi connectivity index (χ2n) is 9.24. The molecule has 0 bridgehead atoms. The number of aromatic nitrogens is 5. The molecule has 4 aromatic heterocycles. The fourth-order valence-corrected chi connectivity index (χ4v) is 4.90. The zero-order valence-electron chi connectivity index (χ0n) is 19.9. The van der Waals surface area contributed by atoms with Crippen LogP contribution in [-0.2, 0) is 22.5 Å². The van der Waals surface area contributed by atoms with Crippen LogP contribution in [0.3, 0.4) is 0 Å². The molecule has 0 radical (unpaired) electrons. The van der Waals surface area contributed by atoms with Crippen LogP contribution in [0.25, 0.3) is 22.0 Å². The number of carbonyl (C=O) groups is 1. The Hall–Kier alpha value is -4.25. The molecule has 184 valence electrons. The first-order valence-electron chi connectivity index (χ1n) is 11.9. The molecule has 11 nitrogen and oxygen atoms in total. The van der Waals surface area contributed by atoms with Gasteiger partial charge in [0.1, 0.15) is 18.2 Å². The highest BCUT2D eigenvalue weighted by Crippen LogP contribution is 2.31. The fourth-order valence-electron chi connectivity index (χ4n) is 4.90. The van der Waals surface area contributed by atoms with E-state index in [0.29, 0.717) is 48.6 Å². The molecule has 1 saturated heterocycles. The standard InChI is InChI=1S/C25H27N9O2/c1-14-18(9-28-11-20(14)26)21-6-15-7-22(29-10-19(15)25(27)30-21)31-23-8-16-2-4-33(17-3-5-36-13-17)24(35)12-34(16)32-23/h6-11,17H,2-5,12-13,26H2,1H3,(H2,27,30)(H,29,31,32)/t17-/m0/s1. The summed E-state index contributed by atoms with van der Waals surface area (Å²) in [5.74, 6) is 1.71. The highest BCUT2D eigenvalue weighted by Gasteiger charge is 2.30. The summed E-state index contributed by atoms with van der Waals surface area (Å²) < 4.78 is 7.25. The van der Waals surface area contributed by atoms with Crippen LogP contribution in [0.5, 0.6) is 0 Å². The molecule has 0 aliphatic carbocycles. The molecule has 2 aliphatic heterocycles. The Bertz CT molecular complexity index is 1480. The van der Waals surface area contributed by atoms with Crippen LogP contribution in [-0.4, -0.2) is 61.3 Å². The molecular weight excluding hydrogens is 458 g/mol. The topological polar surface area (TPSA) is 150 Å². The molecule has 0 saturated carbocycles. The molecule has 0 aromatic carbocycles. The van der Waals surface area contributed by atoms with Crippen molar-refractivity contribution in [2.75, 3.05) is 36.5 Å². The number of nitrogens with two attached hydrogens (primary N) is 2. The number of anilines is 4. The number of rotatable bonds is 4. The summed E-state index contributed by atoms with van der Waals surface area (Å²) in [6, 6.07) is 6.00. The van der Waals surface area contributed by atoms with Crippen LogP contribution in [0.2, 0.25) is 0 Å². The largest absolute Gasteiger partial charge is 0.397 e. The van der Waals surface area contributed by atoms with Gasteiger partial charge >= 0.3 is 0 Å². The van der Waals surface area contributed by atoms with E-state index in [0.717, 1.165) is 40.4 Å². The van der Waals surface area contributed by atoms with E-state index in [2.05, 4.69) is 25.4 Å². The van der Waals surface area contributed by atoms with Crippen LogP contribution in [0, 0.1) is 6.92 Å². The number of amides is 1. The van der Waals surface area contributed by atoms with Gasteiger partial charge in [-0.3, -0.25) is 14.5 Å². The highest BCUT2D eigenvalue weighted by molar-refractivity contribution is 5.95. The number of ether oxygens (including phenoxy) is 1. The lowest BCUT2D eigenvalue weighted by atomic mass is 10.0. The average Bonchev–Trinajstić information content (AvgIpc) is 3.48. The maximum absolute atomic E-state index is 12.9. The fraction of sp³-hybridized carbons (Fsp3) is 0.320. The first kappa shape index (κ1) is 22.2. The van der Waals surface area contributed by atoms with Crippen LogP contribution < -0.4 is 16.8 Å². The number of fused-ring (bicyclic) bond motifs is 2. The Kier molecular flexibility index (Phi) is 5.41. The SMILES string of the molecule is Cc1c(N)cncc1-c1cc2cc(Nc3cc4n(n3)CC(=O)N([C@H]3CCOC3)CC4)ncc2c(N)n1. The van der Waals surface area contributed by atoms with Gasteiger partial charge in [0.2, 0.25) is 5.91 Å². The van der Waals surface area contributed by atoms with E-state index in [1.807, 2.05) is 30.0 Å². The van der Waals surface area contributed by atoms with Gasteiger partial charge in [-0.05, 0) is 36.4 Å². The number of nitrogens with zero attached hydrogens (tertiary/aromatic N) is 6. The molecular formula is C25H27N9O2. The normalized spacial score (nSPS) is 17.9. The lowest BCUT2D eigenvalue weighted by Crippen LogP contribution is -2.42. The minimum atomic E-state index is 0.0737. The predicted molar refractivity (Wildman–Crippen MR) is 136 cm³/mol. The van der Waals surface area contributed by atoms with Gasteiger partial charge in [0.15, 0.2) is 5.82 Å². The molecule has 6 heterocycles. The van der Waals surface area contributed by atoms with Crippen molar-refractivity contribution in [2.24, 2.45) is 0 Å². The Balaban J connectivity index is 1.26. The molecule has 0 spiro atoms. The quantitative estimate of drug-likeness (QED) is 0.395. The van der Waals surface area contributed by atoms with E-state index in [1.54, 1.807) is 23.3 Å². The summed E-state index contributed by atoms with van der Waals surface area (Å²) in [5, 5.41) is 9.53. The molecule has 5 N–H and O–H groups in total. The lowest BCUT2D eigenvalue weighted by Gasteiger charge is -2.26. The highest BCUT2D eigenvalue weighted by atomic mass is 16.5. The summed E-state index contributed by atoms with van der Waals surface area (Å²) in [6.45, 7) is 4.15. The van der Waals surface area contributed by atoms with E-state index < -0.39 is 0 Å². The Morgan fingerprint density at radius 2 is 2.03 bits per heavy atom. The number of hydrogen-bond acceptors (Lipinski definition) is 9. The van der Waals surface area contributed by atoms with E-state index in [9.17, 15) is 4.79 Å². The van der Waals surface area contributed by atoms with Crippen molar-refractivity contribution in [1.29, 1.82) is 0 Å². The van der Waals surface area contributed by atoms with Gasteiger partial charge in [-0.2, -0.15) is 5.10 Å². The van der Waals surface area contributed by atoms with Crippen molar-refractivity contribution in [1.82, 2.24) is 29.6 Å². The summed E-state index contributed by atoms with van der Waals surface area (Å²) in [6.07, 6.45) is 6.68. The molecule has 36 heavy (non-hydrogen) atoms. The van der Waals surface area contributed by atoms with Crippen LogP contribution >= 0.6 is 0 Å². The molecule has 4 aromatic rings. The van der Waals surface area contributed by atoms with Gasteiger partial charge in [-0.25, -0.2) is 9.97 Å². The second kappa shape index (κ2) is 8.76. The van der Waals surface area contributed by atoms with Crippen molar-refractivity contribution >= 4 is 39.8 Å². The molecule has 0 unspecified atom stereocenters. The first-order chi connectivity index (χ1) is 17.5. The number of carbonyl (C=O) groups excluding carboxylic acids is 1. The Morgan fingerprint density at radius 3 is 2.86 bits per heavy atom. The zero-order valence-corrected chi connectivity index (χ0v) is 19.9. The van der Waals surface area contributed by atoms with Gasteiger partial charge in [-0.1, -0.05) is 0 Å². The van der Waals surface area contributed by atoms with E-state index in [1.165, 1.54) is 0 Å². The zero-order chi connectivity index (χ0) is 24.8. The van der Waals surface area contributed by atoms with Crippen LogP contribution in [0.1, 0.15) is 17.7 Å². The summed E-state index contributed by atoms with van der Waals surface area (Å²) in [7, 11) is 0. The van der Waals surface area contributed by atoms with Crippen LogP contribution in [0.15, 0.2) is 36.8 Å². The third kappa shape index (κ3) is 3.97. The van der Waals surface area contributed by atoms with E-state index >= 15 is 0 Å². The van der Waals surface area contributed by atoms with Gasteiger partial charge in [0.05, 0.1) is 30.2 Å². The minimum absolute atomic E-state index is 0.0737. The molecule has 1 fully saturated rings. The molecule has 6 rings (SSSR count). The number of nitrogen functional groups attached to an aromatic ring is 2. The monoisotopic (exact) mass is 485 g/mol. The molecule has 1 atom stereocenters. The third-order valence-corrected chi connectivity index (χ3v) is 6.96. The minimum Gasteiger partial charge on any atom is -0.397 e. The number of pyridine rings is 3. The Morgan fingerprint density at radius 1 is 1.14 bits per heavy atom. The summed E-state index contributed by atoms with van der Waals surface area (Å²) >= 11 is 0. The summed E-state index contributed by atoms with van der Waals surface area (Å²) in [4.78, 5) is 28.0. The van der Waals surface area contributed by atoms with E-state index in [4.69, 9.17) is 16.2 Å². The number of nitrogens with one attached hydrogen (secondary N) is 1. The second-order valence-corrected chi connectivity index (χ2v) is 9.24. The molecule has 1 amide bonds. The van der Waals surface area contributed by atoms with Crippen LogP contribution in [0.4, 0.5) is 23.1 Å².